The van der Waals surface area contributed by atoms with Crippen LogP contribution in [0.2, 0.25) is 0 Å². The van der Waals surface area contributed by atoms with E-state index in [0.29, 0.717) is 0 Å². The van der Waals surface area contributed by atoms with Crippen LogP contribution in [0.15, 0.2) is 303 Å². The highest BCUT2D eigenvalue weighted by Crippen LogP contribution is 2.56. The number of para-hydroxylation sites is 4. The molecule has 456 valence electrons. The summed E-state index contributed by atoms with van der Waals surface area (Å²) in [5.41, 5.74) is 30.0. The highest BCUT2D eigenvalue weighted by molar-refractivity contribution is 7.02. The maximum Gasteiger partial charge on any atom is 0.256 e. The average molecular weight is 1240 g/mol. The molecular formula is C91H65B2N3O. The molecule has 0 N–H and O–H groups in total. The van der Waals surface area contributed by atoms with Crippen LogP contribution in [0.1, 0.15) is 51.3 Å². The summed E-state index contributed by atoms with van der Waals surface area (Å²) in [5, 5.41) is 7.45. The van der Waals surface area contributed by atoms with Gasteiger partial charge in [-0.2, -0.15) is 0 Å². The van der Waals surface area contributed by atoms with E-state index in [-0.39, 0.29) is 18.8 Å². The number of nitrogens with zero attached hydrogens (tertiary/aromatic N) is 3. The zero-order valence-corrected chi connectivity index (χ0v) is 54.8. The van der Waals surface area contributed by atoms with Gasteiger partial charge in [-0.25, -0.2) is 0 Å². The zero-order chi connectivity index (χ0) is 64.6. The molecule has 4 nitrogen and oxygen atoms in total. The second-order valence-corrected chi connectivity index (χ2v) is 28.7. The number of hydrogen-bond acceptors (Lipinski definition) is 4. The normalized spacial score (nSPS) is 14.1. The van der Waals surface area contributed by atoms with Gasteiger partial charge in [0.05, 0.1) is 11.4 Å². The van der Waals surface area contributed by atoms with Crippen molar-refractivity contribution in [2.45, 2.75) is 45.4 Å². The maximum atomic E-state index is 7.36. The van der Waals surface area contributed by atoms with Gasteiger partial charge in [0.1, 0.15) is 11.5 Å². The number of fused-ring (bicyclic) bond motifs is 16. The molecule has 0 spiro atoms. The van der Waals surface area contributed by atoms with Crippen LogP contribution in [0.4, 0.5) is 51.2 Å². The molecule has 6 aliphatic heterocycles. The van der Waals surface area contributed by atoms with Crippen molar-refractivity contribution >= 4 is 130 Å². The Morgan fingerprint density at radius 1 is 0.299 bits per heavy atom. The van der Waals surface area contributed by atoms with Crippen LogP contribution in [0, 0.1) is 0 Å². The molecule has 0 amide bonds. The minimum atomic E-state index is -0.435. The molecule has 15 aromatic carbocycles. The van der Waals surface area contributed by atoms with Gasteiger partial charge < -0.3 is 19.4 Å². The Morgan fingerprint density at radius 3 is 1.33 bits per heavy atom. The summed E-state index contributed by atoms with van der Waals surface area (Å²) >= 11 is 0. The van der Waals surface area contributed by atoms with E-state index < -0.39 is 5.41 Å². The van der Waals surface area contributed by atoms with Crippen molar-refractivity contribution in [1.29, 1.82) is 0 Å². The van der Waals surface area contributed by atoms with Crippen molar-refractivity contribution in [2.75, 3.05) is 14.7 Å². The minimum Gasteiger partial charge on any atom is -0.458 e. The van der Waals surface area contributed by atoms with E-state index in [2.05, 4.69) is 353 Å². The summed E-state index contributed by atoms with van der Waals surface area (Å²) < 4.78 is 7.36. The van der Waals surface area contributed by atoms with E-state index in [9.17, 15) is 0 Å². The molecule has 6 heteroatoms. The number of rotatable bonds is 5. The van der Waals surface area contributed by atoms with Crippen LogP contribution in [0.3, 0.4) is 0 Å². The number of benzene rings is 15. The molecule has 0 aromatic heterocycles. The molecular weight excluding hydrogens is 1170 g/mol. The Labute approximate surface area is 567 Å². The summed E-state index contributed by atoms with van der Waals surface area (Å²) in [6.07, 6.45) is 0. The van der Waals surface area contributed by atoms with Crippen LogP contribution < -0.4 is 52.2 Å². The van der Waals surface area contributed by atoms with Crippen molar-refractivity contribution in [3.63, 3.8) is 0 Å². The third-order valence-electron chi connectivity index (χ3n) is 22.0. The lowest BCUT2D eigenvalue weighted by Gasteiger charge is -2.47. The highest BCUT2D eigenvalue weighted by Gasteiger charge is 2.50. The van der Waals surface area contributed by atoms with E-state index in [1.54, 1.807) is 0 Å². The molecule has 0 fully saturated rings. The van der Waals surface area contributed by atoms with E-state index in [1.807, 2.05) is 0 Å². The van der Waals surface area contributed by atoms with Gasteiger partial charge in [-0.3, -0.25) is 0 Å². The summed E-state index contributed by atoms with van der Waals surface area (Å²) in [7, 11) is 0. The third kappa shape index (κ3) is 8.14. The Balaban J connectivity index is 0.968. The standard InChI is InChI=1S/C91H65B2N3O/c1-90(2,3)61-49-83-87-85(52-61)97-84-42-22-20-40-75(84)93(87)77-54-76-79(55-80(77)96(83)89-65(57-27-11-7-12-28-57)36-23-37-66(89)58-29-13-8-14-30-58)94(63-47-48-72-70-33-16-15-31-68(70)69-32-17-18-34-71(69)73(72)53-63)81-50-62-51-82-86(81)92(76)74-39-19-21-41-78(74)95(82)88-64(56-25-9-6-10-26-56)35-24-38-67(88)59-43-45-60(46-44-59)91(62,4)5/h6-55H,1-5H3. The predicted octanol–water partition coefficient (Wildman–Crippen LogP) is 20.2. The number of anilines is 9. The van der Waals surface area contributed by atoms with Gasteiger partial charge in [0.25, 0.3) is 13.4 Å². The van der Waals surface area contributed by atoms with Gasteiger partial charge in [0, 0.05) is 67.5 Å². The molecule has 0 atom stereocenters. The van der Waals surface area contributed by atoms with Gasteiger partial charge in [-0.1, -0.05) is 283 Å². The summed E-state index contributed by atoms with van der Waals surface area (Å²) in [6, 6.07) is 115. The molecule has 21 rings (SSSR count). The lowest BCUT2D eigenvalue weighted by atomic mass is 9.30. The molecule has 0 unspecified atom stereocenters. The maximum absolute atomic E-state index is 7.36. The van der Waals surface area contributed by atoms with Crippen LogP contribution in [0.5, 0.6) is 11.5 Å². The Kier molecular flexibility index (Phi) is 11.9. The first kappa shape index (κ1) is 55.8. The molecule has 0 saturated carbocycles. The first-order chi connectivity index (χ1) is 47.5. The topological polar surface area (TPSA) is 19.0 Å². The first-order valence-corrected chi connectivity index (χ1v) is 34.2. The monoisotopic (exact) mass is 1240 g/mol. The molecule has 97 heavy (non-hydrogen) atoms. The van der Waals surface area contributed by atoms with Crippen LogP contribution in [-0.2, 0) is 10.8 Å². The average Bonchev–Trinajstić information content (AvgIpc) is 1.09. The summed E-state index contributed by atoms with van der Waals surface area (Å²) in [4.78, 5) is 8.02. The number of hydrogen-bond donors (Lipinski definition) is 0. The molecule has 6 aliphatic rings. The van der Waals surface area contributed by atoms with Gasteiger partial charge >= 0.3 is 0 Å². The van der Waals surface area contributed by atoms with Gasteiger partial charge in [-0.15, -0.1) is 0 Å². The summed E-state index contributed by atoms with van der Waals surface area (Å²) in [5.74, 6) is 1.79. The SMILES string of the molecule is CC(C)(C)c1cc2c3c(c1)N(c1c(-c4ccccc4)cccc1-c1ccccc1)c1cc4c(cc1B3c1ccccc1O2)B1c2ccccc2N2c3cc(cc(c31)N4c1ccc3c4ccccc4c4ccccc4c3c1)C(C)(C)c1ccc(cc1)-c1cccc(-c3ccccc3)c12. The lowest BCUT2D eigenvalue weighted by Crippen LogP contribution is -2.64. The number of ether oxygens (including phenoxy) is 1. The molecule has 0 saturated heterocycles. The Hall–Kier alpha value is -11.6. The first-order valence-electron chi connectivity index (χ1n) is 34.2. The Bertz CT molecular complexity index is 5750. The van der Waals surface area contributed by atoms with Crippen LogP contribution >= 0.6 is 0 Å². The van der Waals surface area contributed by atoms with Crippen molar-refractivity contribution in [2.24, 2.45) is 0 Å². The summed E-state index contributed by atoms with van der Waals surface area (Å²) in [6.45, 7) is 11.5. The minimum absolute atomic E-state index is 0.191. The smallest absolute Gasteiger partial charge is 0.256 e. The Morgan fingerprint density at radius 2 is 0.753 bits per heavy atom. The predicted molar refractivity (Wildman–Crippen MR) is 411 cm³/mol. The zero-order valence-electron chi connectivity index (χ0n) is 54.8. The fourth-order valence-corrected chi connectivity index (χ4v) is 17.3. The second kappa shape index (κ2) is 20.7. The molecule has 0 radical (unpaired) electrons. The lowest BCUT2D eigenvalue weighted by molar-refractivity contribution is 0.483. The third-order valence-corrected chi connectivity index (χ3v) is 22.0. The van der Waals surface area contributed by atoms with Crippen molar-refractivity contribution in [3.05, 3.63) is 320 Å². The molecule has 0 aliphatic carbocycles. The molecule has 15 aromatic rings. The molecule has 4 bridgehead atoms. The van der Waals surface area contributed by atoms with Crippen molar-refractivity contribution < 1.29 is 4.74 Å². The van der Waals surface area contributed by atoms with Gasteiger partial charge in [-0.05, 0) is 164 Å². The fraction of sp³-hybridized carbons (Fsp3) is 0.0769. The van der Waals surface area contributed by atoms with E-state index in [4.69, 9.17) is 4.74 Å². The fourth-order valence-electron chi connectivity index (χ4n) is 17.3. The van der Waals surface area contributed by atoms with Crippen molar-refractivity contribution in [3.8, 4) is 56.0 Å². The van der Waals surface area contributed by atoms with Crippen LogP contribution in [0.25, 0.3) is 76.8 Å². The van der Waals surface area contributed by atoms with E-state index in [0.717, 1.165) is 73.3 Å². The van der Waals surface area contributed by atoms with Gasteiger partial charge in [0.2, 0.25) is 0 Å². The van der Waals surface area contributed by atoms with Crippen molar-refractivity contribution in [1.82, 2.24) is 0 Å². The van der Waals surface area contributed by atoms with Crippen LogP contribution in [-0.4, -0.2) is 13.4 Å². The quantitative estimate of drug-likeness (QED) is 0.126. The highest BCUT2D eigenvalue weighted by atomic mass is 16.5. The van der Waals surface area contributed by atoms with Gasteiger partial charge in [0.15, 0.2) is 0 Å². The molecule has 6 heterocycles. The largest absolute Gasteiger partial charge is 0.458 e. The second-order valence-electron chi connectivity index (χ2n) is 28.7. The van der Waals surface area contributed by atoms with E-state index in [1.165, 1.54) is 116 Å². The van der Waals surface area contributed by atoms with E-state index >= 15 is 0 Å².